The number of carboxylic acid groups (broad SMARTS) is 1. The average Bonchev–Trinajstić information content (AvgIpc) is 1.38. The van der Waals surface area contributed by atoms with E-state index < -0.39 is 5.97 Å². The summed E-state index contributed by atoms with van der Waals surface area (Å²) in [7, 11) is 0. The molecule has 7 heavy (non-hydrogen) atoms. The van der Waals surface area contributed by atoms with Gasteiger partial charge in [0.2, 0.25) is 0 Å². The minimum absolute atomic E-state index is 0. The topological polar surface area (TPSA) is 40.1 Å². The maximum Gasteiger partial charge on any atom is 2.00 e. The standard InChI is InChI=1S/C3H6O2.CH3.Ba/c1-2-3(4)5;;/h2H2,1H3,(H,4,5);1H3;/q;-1;+2/p-1. The van der Waals surface area contributed by atoms with Crippen LogP contribution in [0.3, 0.4) is 0 Å². The minimum Gasteiger partial charge on any atom is -0.550 e. The Hall–Kier alpha value is 1.04. The normalized spacial score (nSPS) is 5.29. The van der Waals surface area contributed by atoms with Crippen LogP contribution in [0.5, 0.6) is 0 Å². The summed E-state index contributed by atoms with van der Waals surface area (Å²) in [5.41, 5.74) is 0. The van der Waals surface area contributed by atoms with Crippen molar-refractivity contribution in [2.75, 3.05) is 0 Å². The van der Waals surface area contributed by atoms with E-state index in [-0.39, 0.29) is 62.7 Å². The second kappa shape index (κ2) is 10.1. The van der Waals surface area contributed by atoms with Gasteiger partial charge in [0.25, 0.3) is 0 Å². The van der Waals surface area contributed by atoms with E-state index >= 15 is 0 Å². The molecule has 0 aromatic carbocycles. The van der Waals surface area contributed by atoms with Crippen molar-refractivity contribution in [1.82, 2.24) is 0 Å². The van der Waals surface area contributed by atoms with Gasteiger partial charge in [-0.2, -0.15) is 0 Å². The molecule has 0 rings (SSSR count). The summed E-state index contributed by atoms with van der Waals surface area (Å²) in [6.07, 6.45) is 0.111. The molecule has 0 aromatic rings. The van der Waals surface area contributed by atoms with E-state index in [1.165, 1.54) is 6.92 Å². The van der Waals surface area contributed by atoms with Crippen LogP contribution in [0.15, 0.2) is 0 Å². The van der Waals surface area contributed by atoms with E-state index in [4.69, 9.17) is 0 Å². The van der Waals surface area contributed by atoms with Crippen molar-refractivity contribution in [3.05, 3.63) is 7.43 Å². The molecule has 0 aliphatic rings. The predicted molar refractivity (Wildman–Crippen MR) is 27.5 cm³/mol. The largest absolute Gasteiger partial charge is 2.00 e. The zero-order chi connectivity index (χ0) is 4.28. The van der Waals surface area contributed by atoms with Crippen LogP contribution >= 0.6 is 0 Å². The first kappa shape index (κ1) is 15.7. The fourth-order valence-corrected chi connectivity index (χ4v) is 0. The van der Waals surface area contributed by atoms with Gasteiger partial charge in [0.05, 0.1) is 0 Å². The summed E-state index contributed by atoms with van der Waals surface area (Å²) in [6, 6.07) is 0. The Morgan fingerprint density at radius 3 is 1.86 bits per heavy atom. The summed E-state index contributed by atoms with van der Waals surface area (Å²) in [5.74, 6) is -0.995. The maximum atomic E-state index is 9.26. The van der Waals surface area contributed by atoms with Crippen LogP contribution in [0.4, 0.5) is 0 Å². The third kappa shape index (κ3) is 19.3. The number of carboxylic acids is 1. The molecule has 0 aliphatic heterocycles. The average molecular weight is 225 g/mol. The number of hydrogen-bond donors (Lipinski definition) is 0. The van der Waals surface area contributed by atoms with E-state index in [1.54, 1.807) is 0 Å². The van der Waals surface area contributed by atoms with Crippen LogP contribution in [0, 0.1) is 7.43 Å². The zero-order valence-electron chi connectivity index (χ0n) is 4.73. The van der Waals surface area contributed by atoms with Gasteiger partial charge in [-0.05, 0) is 6.42 Å². The van der Waals surface area contributed by atoms with Crippen LogP contribution in [-0.2, 0) is 4.79 Å². The second-order valence-electron chi connectivity index (χ2n) is 0.726. The smallest absolute Gasteiger partial charge is 0.550 e. The zero-order valence-corrected chi connectivity index (χ0v) is 9.17. The van der Waals surface area contributed by atoms with Gasteiger partial charge >= 0.3 is 48.9 Å². The predicted octanol–water partition coefficient (Wildman–Crippen LogP) is -0.784. The number of carbonyl (C=O) groups excluding carboxylic acids is 1. The van der Waals surface area contributed by atoms with Crippen molar-refractivity contribution in [3.8, 4) is 0 Å². The summed E-state index contributed by atoms with van der Waals surface area (Å²) >= 11 is 0. The van der Waals surface area contributed by atoms with Gasteiger partial charge in [-0.3, -0.25) is 0 Å². The summed E-state index contributed by atoms with van der Waals surface area (Å²) < 4.78 is 0. The monoisotopic (exact) mass is 226 g/mol. The molecule has 3 heteroatoms. The first-order chi connectivity index (χ1) is 2.27. The van der Waals surface area contributed by atoms with Crippen molar-refractivity contribution >= 4 is 54.9 Å². The van der Waals surface area contributed by atoms with Crippen molar-refractivity contribution in [2.45, 2.75) is 13.3 Å². The Morgan fingerprint density at radius 1 is 1.71 bits per heavy atom. The molecular formula is C4H8BaO2. The summed E-state index contributed by atoms with van der Waals surface area (Å²) in [6.45, 7) is 1.54. The molecule has 0 bridgehead atoms. The Balaban J connectivity index is -0.0000000800. The molecular weight excluding hydrogens is 217 g/mol. The van der Waals surface area contributed by atoms with Crippen molar-refractivity contribution in [1.29, 1.82) is 0 Å². The molecule has 0 saturated carbocycles. The van der Waals surface area contributed by atoms with Gasteiger partial charge in [-0.15, -0.1) is 0 Å². The van der Waals surface area contributed by atoms with Crippen LogP contribution < -0.4 is 5.11 Å². The molecule has 0 heterocycles. The van der Waals surface area contributed by atoms with Gasteiger partial charge in [-0.25, -0.2) is 0 Å². The van der Waals surface area contributed by atoms with Gasteiger partial charge in [-0.1, -0.05) is 6.92 Å². The van der Waals surface area contributed by atoms with Crippen LogP contribution in [0.2, 0.25) is 0 Å². The third-order valence-corrected chi connectivity index (χ3v) is 0.289. The second-order valence-corrected chi connectivity index (χ2v) is 0.726. The van der Waals surface area contributed by atoms with Crippen molar-refractivity contribution < 1.29 is 9.90 Å². The van der Waals surface area contributed by atoms with Gasteiger partial charge in [0.1, 0.15) is 0 Å². The van der Waals surface area contributed by atoms with Crippen LogP contribution in [0.1, 0.15) is 13.3 Å². The fourth-order valence-electron chi connectivity index (χ4n) is 0. The molecule has 0 N–H and O–H groups in total. The number of carbonyl (C=O) groups is 1. The molecule has 0 unspecified atom stereocenters. The molecule has 0 radical (unpaired) electrons. The molecule has 0 spiro atoms. The number of hydrogen-bond acceptors (Lipinski definition) is 2. The summed E-state index contributed by atoms with van der Waals surface area (Å²) in [4.78, 5) is 9.26. The molecule has 0 amide bonds. The van der Waals surface area contributed by atoms with E-state index in [1.807, 2.05) is 0 Å². The molecule has 2 nitrogen and oxygen atoms in total. The molecule has 0 fully saturated rings. The fraction of sp³-hybridized carbons (Fsp3) is 0.500. The third-order valence-electron chi connectivity index (χ3n) is 0.289. The van der Waals surface area contributed by atoms with Gasteiger partial charge < -0.3 is 17.3 Å². The number of aliphatic carboxylic acids is 1. The molecule has 0 aliphatic carbocycles. The Morgan fingerprint density at radius 2 is 1.86 bits per heavy atom. The first-order valence-electron chi connectivity index (χ1n) is 1.47. The number of rotatable bonds is 1. The van der Waals surface area contributed by atoms with E-state index in [0.717, 1.165) is 0 Å². The molecule has 38 valence electrons. The van der Waals surface area contributed by atoms with E-state index in [0.29, 0.717) is 0 Å². The Bertz CT molecular complexity index is 45.0. The van der Waals surface area contributed by atoms with Crippen molar-refractivity contribution in [2.24, 2.45) is 0 Å². The van der Waals surface area contributed by atoms with Crippen LogP contribution in [-0.4, -0.2) is 54.9 Å². The molecule has 0 saturated heterocycles. The quantitative estimate of drug-likeness (QED) is 0.434. The maximum absolute atomic E-state index is 9.26. The van der Waals surface area contributed by atoms with Gasteiger partial charge in [0.15, 0.2) is 0 Å². The van der Waals surface area contributed by atoms with E-state index in [2.05, 4.69) is 0 Å². The summed E-state index contributed by atoms with van der Waals surface area (Å²) in [5, 5.41) is 9.26. The molecule has 0 atom stereocenters. The Labute approximate surface area is 84.4 Å². The van der Waals surface area contributed by atoms with Gasteiger partial charge in [0, 0.05) is 5.97 Å². The first-order valence-corrected chi connectivity index (χ1v) is 1.47. The van der Waals surface area contributed by atoms with E-state index in [9.17, 15) is 9.90 Å². The minimum atomic E-state index is -0.995. The molecule has 0 aromatic heterocycles. The Kier molecular flexibility index (Phi) is 22.7. The van der Waals surface area contributed by atoms with Crippen LogP contribution in [0.25, 0.3) is 0 Å². The van der Waals surface area contributed by atoms with Crippen molar-refractivity contribution in [3.63, 3.8) is 0 Å². The SMILES string of the molecule is CCC(=O)[O-].[Ba+2].[CH3-].